The highest BCUT2D eigenvalue weighted by Crippen LogP contribution is 2.22. The second-order valence-electron chi connectivity index (χ2n) is 6.47. The number of aromatic nitrogens is 1. The standard InChI is InChI=1S/C20H22N2OS/c1-12-8-15(4)19-17(9-12)22(5)20(24-19)21-18(23)11-16-7-6-13(2)14(3)10-16/h6-10H,11H2,1-5H3. The Morgan fingerprint density at radius 1 is 1.04 bits per heavy atom. The van der Waals surface area contributed by atoms with Crippen molar-refractivity contribution < 1.29 is 4.79 Å². The van der Waals surface area contributed by atoms with Crippen molar-refractivity contribution in [2.75, 3.05) is 0 Å². The number of carbonyl (C=O) groups is 1. The number of amides is 1. The molecule has 4 heteroatoms. The third-order valence-electron chi connectivity index (χ3n) is 4.39. The second-order valence-corrected chi connectivity index (χ2v) is 7.45. The van der Waals surface area contributed by atoms with Gasteiger partial charge in [0, 0.05) is 7.05 Å². The van der Waals surface area contributed by atoms with E-state index in [0.29, 0.717) is 6.42 Å². The molecule has 0 radical (unpaired) electrons. The maximum absolute atomic E-state index is 12.4. The van der Waals surface area contributed by atoms with Gasteiger partial charge in [-0.05, 0) is 61.6 Å². The molecule has 0 aliphatic carbocycles. The van der Waals surface area contributed by atoms with E-state index < -0.39 is 0 Å². The van der Waals surface area contributed by atoms with E-state index in [2.05, 4.69) is 57.0 Å². The fourth-order valence-electron chi connectivity index (χ4n) is 2.91. The minimum absolute atomic E-state index is 0.102. The molecule has 2 aromatic carbocycles. The summed E-state index contributed by atoms with van der Waals surface area (Å²) in [5.41, 5.74) is 7.05. The Hall–Kier alpha value is -2.20. The van der Waals surface area contributed by atoms with E-state index in [-0.39, 0.29) is 5.91 Å². The number of rotatable bonds is 2. The van der Waals surface area contributed by atoms with Crippen LogP contribution in [0.1, 0.15) is 27.8 Å². The van der Waals surface area contributed by atoms with Crippen molar-refractivity contribution in [1.82, 2.24) is 4.57 Å². The van der Waals surface area contributed by atoms with Gasteiger partial charge in [-0.15, -0.1) is 0 Å². The minimum Gasteiger partial charge on any atom is -0.319 e. The van der Waals surface area contributed by atoms with E-state index in [9.17, 15) is 4.79 Å². The summed E-state index contributed by atoms with van der Waals surface area (Å²) in [7, 11) is 1.97. The van der Waals surface area contributed by atoms with Gasteiger partial charge < -0.3 is 4.57 Å². The zero-order valence-electron chi connectivity index (χ0n) is 14.8. The Balaban J connectivity index is 1.97. The Morgan fingerprint density at radius 3 is 2.50 bits per heavy atom. The fraction of sp³-hybridized carbons (Fsp3) is 0.300. The van der Waals surface area contributed by atoms with Gasteiger partial charge in [0.1, 0.15) is 0 Å². The lowest BCUT2D eigenvalue weighted by Crippen LogP contribution is -2.14. The van der Waals surface area contributed by atoms with Crippen LogP contribution in [0.15, 0.2) is 35.3 Å². The van der Waals surface area contributed by atoms with Gasteiger partial charge in [0.05, 0.1) is 16.6 Å². The molecule has 3 aromatic rings. The maximum atomic E-state index is 12.4. The molecule has 0 fully saturated rings. The molecule has 0 aliphatic heterocycles. The number of hydrogen-bond acceptors (Lipinski definition) is 2. The van der Waals surface area contributed by atoms with Gasteiger partial charge >= 0.3 is 0 Å². The van der Waals surface area contributed by atoms with E-state index in [1.165, 1.54) is 27.0 Å². The van der Waals surface area contributed by atoms with E-state index >= 15 is 0 Å². The van der Waals surface area contributed by atoms with E-state index in [4.69, 9.17) is 0 Å². The lowest BCUT2D eigenvalue weighted by atomic mass is 10.0. The molecule has 24 heavy (non-hydrogen) atoms. The molecule has 0 spiro atoms. The first kappa shape index (κ1) is 16.7. The lowest BCUT2D eigenvalue weighted by molar-refractivity contribution is -0.117. The third kappa shape index (κ3) is 3.20. The molecule has 124 valence electrons. The topological polar surface area (TPSA) is 34.4 Å². The summed E-state index contributed by atoms with van der Waals surface area (Å²) in [6, 6.07) is 10.4. The summed E-state index contributed by atoms with van der Waals surface area (Å²) in [6.45, 7) is 8.34. The van der Waals surface area contributed by atoms with Gasteiger partial charge in [0.25, 0.3) is 5.91 Å². The van der Waals surface area contributed by atoms with Gasteiger partial charge in [-0.25, -0.2) is 0 Å². The number of aryl methyl sites for hydroxylation is 5. The zero-order chi connectivity index (χ0) is 17.4. The average Bonchev–Trinajstić information content (AvgIpc) is 2.80. The van der Waals surface area contributed by atoms with Crippen molar-refractivity contribution in [1.29, 1.82) is 0 Å². The highest BCUT2D eigenvalue weighted by atomic mass is 32.1. The lowest BCUT2D eigenvalue weighted by Gasteiger charge is -2.03. The van der Waals surface area contributed by atoms with E-state index in [1.54, 1.807) is 11.3 Å². The van der Waals surface area contributed by atoms with Crippen LogP contribution in [0.25, 0.3) is 10.2 Å². The molecular weight excluding hydrogens is 316 g/mol. The smallest absolute Gasteiger partial charge is 0.252 e. The first-order valence-electron chi connectivity index (χ1n) is 8.05. The summed E-state index contributed by atoms with van der Waals surface area (Å²) in [4.78, 5) is 17.5. The number of benzene rings is 2. The minimum atomic E-state index is -0.102. The first-order chi connectivity index (χ1) is 11.3. The number of thiazole rings is 1. The van der Waals surface area contributed by atoms with E-state index in [1.807, 2.05) is 17.7 Å². The molecular formula is C20H22N2OS. The number of carbonyl (C=O) groups excluding carboxylic acids is 1. The first-order valence-corrected chi connectivity index (χ1v) is 8.87. The normalized spacial score (nSPS) is 12.1. The van der Waals surface area contributed by atoms with Crippen LogP contribution in [-0.4, -0.2) is 10.5 Å². The molecule has 1 heterocycles. The van der Waals surface area contributed by atoms with Crippen LogP contribution in [0.5, 0.6) is 0 Å². The SMILES string of the molecule is Cc1cc(C)c2sc(=NC(=O)Cc3ccc(C)c(C)c3)n(C)c2c1. The molecule has 3 rings (SSSR count). The van der Waals surface area contributed by atoms with Gasteiger partial charge in [-0.2, -0.15) is 4.99 Å². The average molecular weight is 338 g/mol. The molecule has 1 aromatic heterocycles. The van der Waals surface area contributed by atoms with Crippen molar-refractivity contribution in [2.24, 2.45) is 12.0 Å². The molecule has 0 saturated carbocycles. The van der Waals surface area contributed by atoms with Gasteiger partial charge in [0.15, 0.2) is 4.80 Å². The van der Waals surface area contributed by atoms with Crippen LogP contribution in [0, 0.1) is 27.7 Å². The quantitative estimate of drug-likeness (QED) is 0.691. The zero-order valence-corrected chi connectivity index (χ0v) is 15.6. The van der Waals surface area contributed by atoms with Crippen LogP contribution in [-0.2, 0) is 18.3 Å². The Bertz CT molecular complexity index is 1010. The van der Waals surface area contributed by atoms with Crippen molar-refractivity contribution in [3.8, 4) is 0 Å². The predicted molar refractivity (Wildman–Crippen MR) is 100 cm³/mol. The summed E-state index contributed by atoms with van der Waals surface area (Å²) >= 11 is 1.58. The summed E-state index contributed by atoms with van der Waals surface area (Å²) in [5.74, 6) is -0.102. The van der Waals surface area contributed by atoms with Crippen molar-refractivity contribution >= 4 is 27.5 Å². The largest absolute Gasteiger partial charge is 0.319 e. The van der Waals surface area contributed by atoms with Crippen LogP contribution in [0.2, 0.25) is 0 Å². The molecule has 3 nitrogen and oxygen atoms in total. The Labute approximate surface area is 146 Å². The van der Waals surface area contributed by atoms with Crippen LogP contribution < -0.4 is 4.80 Å². The van der Waals surface area contributed by atoms with Gasteiger partial charge in [0.2, 0.25) is 0 Å². The highest BCUT2D eigenvalue weighted by Gasteiger charge is 2.09. The fourth-order valence-corrected chi connectivity index (χ4v) is 3.99. The number of fused-ring (bicyclic) bond motifs is 1. The van der Waals surface area contributed by atoms with Crippen LogP contribution >= 0.6 is 11.3 Å². The van der Waals surface area contributed by atoms with Crippen LogP contribution in [0.4, 0.5) is 0 Å². The Kier molecular flexibility index (Phi) is 4.41. The van der Waals surface area contributed by atoms with Crippen molar-refractivity contribution in [2.45, 2.75) is 34.1 Å². The molecule has 0 saturated heterocycles. The molecule has 0 atom stereocenters. The Morgan fingerprint density at radius 2 is 1.79 bits per heavy atom. The molecule has 1 amide bonds. The summed E-state index contributed by atoms with van der Waals surface area (Å²) in [5, 5.41) is 0. The summed E-state index contributed by atoms with van der Waals surface area (Å²) < 4.78 is 3.21. The molecule has 0 bridgehead atoms. The third-order valence-corrected chi connectivity index (χ3v) is 5.67. The maximum Gasteiger partial charge on any atom is 0.252 e. The van der Waals surface area contributed by atoms with Crippen molar-refractivity contribution in [3.63, 3.8) is 0 Å². The monoisotopic (exact) mass is 338 g/mol. The number of hydrogen-bond donors (Lipinski definition) is 0. The van der Waals surface area contributed by atoms with Crippen LogP contribution in [0.3, 0.4) is 0 Å². The second kappa shape index (κ2) is 6.36. The predicted octanol–water partition coefficient (Wildman–Crippen LogP) is 4.14. The highest BCUT2D eigenvalue weighted by molar-refractivity contribution is 7.16. The van der Waals surface area contributed by atoms with Crippen molar-refractivity contribution in [3.05, 3.63) is 63.0 Å². The van der Waals surface area contributed by atoms with Gasteiger partial charge in [-0.3, -0.25) is 4.79 Å². The summed E-state index contributed by atoms with van der Waals surface area (Å²) in [6.07, 6.45) is 0.341. The molecule has 0 unspecified atom stereocenters. The molecule has 0 aliphatic rings. The van der Waals surface area contributed by atoms with E-state index in [0.717, 1.165) is 15.9 Å². The van der Waals surface area contributed by atoms with Gasteiger partial charge in [-0.1, -0.05) is 35.6 Å². The molecule has 0 N–H and O–H groups in total. The number of nitrogens with zero attached hydrogens (tertiary/aromatic N) is 2.